The number of cyclic esters (lactones) is 1. The number of hydrogen-bond donors (Lipinski definition) is 0. The quantitative estimate of drug-likeness (QED) is 0.455. The van der Waals surface area contributed by atoms with Crippen LogP contribution in [0.5, 0.6) is 0 Å². The van der Waals surface area contributed by atoms with Crippen LogP contribution in [0.3, 0.4) is 0 Å². The number of esters is 1. The first-order valence-electron chi connectivity index (χ1n) is 4.46. The summed E-state index contributed by atoms with van der Waals surface area (Å²) in [6.07, 6.45) is 4.36. The number of ether oxygens (including phenoxy) is 1. The minimum atomic E-state index is -0.0946. The molecule has 3 heteroatoms. The van der Waals surface area contributed by atoms with Crippen LogP contribution < -0.4 is 0 Å². The van der Waals surface area contributed by atoms with Crippen LogP contribution in [0.25, 0.3) is 0 Å². The lowest BCUT2D eigenvalue weighted by Gasteiger charge is -2.21. The molecule has 3 nitrogen and oxygen atoms in total. The minimum absolute atomic E-state index is 0.0430. The molecule has 2 fully saturated rings. The van der Waals surface area contributed by atoms with Gasteiger partial charge in [-0.25, -0.2) is 0 Å². The summed E-state index contributed by atoms with van der Waals surface area (Å²) in [7, 11) is 0. The van der Waals surface area contributed by atoms with Gasteiger partial charge in [0.25, 0.3) is 0 Å². The molecule has 1 saturated carbocycles. The zero-order chi connectivity index (χ0) is 8.55. The van der Waals surface area contributed by atoms with Crippen molar-refractivity contribution >= 4 is 12.3 Å². The fourth-order valence-corrected chi connectivity index (χ4v) is 1.86. The zero-order valence-electron chi connectivity index (χ0n) is 6.86. The number of carbonyl (C=O) groups excluding carboxylic acids is 2. The van der Waals surface area contributed by atoms with Crippen molar-refractivity contribution in [3.63, 3.8) is 0 Å². The molecule has 0 aromatic heterocycles. The summed E-state index contributed by atoms with van der Waals surface area (Å²) < 4.78 is 5.14. The minimum Gasteiger partial charge on any atom is -0.462 e. The lowest BCUT2D eigenvalue weighted by Crippen LogP contribution is -2.25. The maximum absolute atomic E-state index is 10.9. The zero-order valence-corrected chi connectivity index (χ0v) is 6.86. The SMILES string of the molecule is O=C[C@H]1C[C@@H]1[C@H]1CCCC(=O)O1. The molecule has 0 spiro atoms. The molecule has 66 valence electrons. The highest BCUT2D eigenvalue weighted by molar-refractivity contribution is 5.70. The van der Waals surface area contributed by atoms with Gasteiger partial charge in [-0.1, -0.05) is 0 Å². The molecule has 3 atom stereocenters. The van der Waals surface area contributed by atoms with Crippen molar-refractivity contribution in [1.29, 1.82) is 0 Å². The van der Waals surface area contributed by atoms with Crippen LogP contribution in [0.4, 0.5) is 0 Å². The Balaban J connectivity index is 1.88. The van der Waals surface area contributed by atoms with E-state index >= 15 is 0 Å². The van der Waals surface area contributed by atoms with E-state index in [1.165, 1.54) is 0 Å². The fourth-order valence-electron chi connectivity index (χ4n) is 1.86. The van der Waals surface area contributed by atoms with E-state index in [-0.39, 0.29) is 18.0 Å². The van der Waals surface area contributed by atoms with Gasteiger partial charge in [0, 0.05) is 18.3 Å². The lowest BCUT2D eigenvalue weighted by molar-refractivity contribution is -0.155. The average molecular weight is 168 g/mol. The number of hydrogen-bond acceptors (Lipinski definition) is 3. The topological polar surface area (TPSA) is 43.4 Å². The molecule has 0 aromatic carbocycles. The molecule has 0 aromatic rings. The van der Waals surface area contributed by atoms with E-state index in [1.54, 1.807) is 0 Å². The molecule has 2 rings (SSSR count). The third-order valence-corrected chi connectivity index (χ3v) is 2.70. The number of rotatable bonds is 2. The van der Waals surface area contributed by atoms with E-state index in [2.05, 4.69) is 0 Å². The van der Waals surface area contributed by atoms with E-state index in [4.69, 9.17) is 4.74 Å². The summed E-state index contributed by atoms with van der Waals surface area (Å²) in [4.78, 5) is 21.3. The van der Waals surface area contributed by atoms with Gasteiger partial charge >= 0.3 is 5.97 Å². The van der Waals surface area contributed by atoms with Crippen molar-refractivity contribution in [2.24, 2.45) is 11.8 Å². The van der Waals surface area contributed by atoms with Gasteiger partial charge in [0.05, 0.1) is 0 Å². The van der Waals surface area contributed by atoms with Crippen molar-refractivity contribution in [1.82, 2.24) is 0 Å². The molecular weight excluding hydrogens is 156 g/mol. The Bertz CT molecular complexity index is 212. The van der Waals surface area contributed by atoms with Crippen LogP contribution in [0, 0.1) is 11.8 Å². The molecule has 0 radical (unpaired) electrons. The van der Waals surface area contributed by atoms with Gasteiger partial charge in [0.2, 0.25) is 0 Å². The molecule has 0 amide bonds. The Hall–Kier alpha value is -0.860. The normalized spacial score (nSPS) is 40.3. The van der Waals surface area contributed by atoms with Crippen LogP contribution in [0.2, 0.25) is 0 Å². The third kappa shape index (κ3) is 1.36. The summed E-state index contributed by atoms with van der Waals surface area (Å²) in [5.41, 5.74) is 0. The summed E-state index contributed by atoms with van der Waals surface area (Å²) in [5, 5.41) is 0. The van der Waals surface area contributed by atoms with Crippen molar-refractivity contribution in [3.05, 3.63) is 0 Å². The second kappa shape index (κ2) is 2.88. The maximum Gasteiger partial charge on any atom is 0.306 e. The van der Waals surface area contributed by atoms with E-state index in [9.17, 15) is 9.59 Å². The van der Waals surface area contributed by atoms with Gasteiger partial charge in [-0.3, -0.25) is 4.79 Å². The molecule has 1 aliphatic heterocycles. The molecule has 0 unspecified atom stereocenters. The smallest absolute Gasteiger partial charge is 0.306 e. The predicted octanol–water partition coefficient (Wildman–Crippen LogP) is 0.917. The van der Waals surface area contributed by atoms with Gasteiger partial charge in [-0.05, 0) is 19.3 Å². The Morgan fingerprint density at radius 3 is 2.92 bits per heavy atom. The standard InChI is InChI=1S/C9H12O3/c10-5-6-4-7(6)8-2-1-3-9(11)12-8/h5-8H,1-4H2/t6-,7+,8-/m1/s1. The van der Waals surface area contributed by atoms with E-state index in [0.717, 1.165) is 25.5 Å². The highest BCUT2D eigenvalue weighted by Gasteiger charge is 2.45. The van der Waals surface area contributed by atoms with Crippen LogP contribution >= 0.6 is 0 Å². The molecular formula is C9H12O3. The summed E-state index contributed by atoms with van der Waals surface area (Å²) >= 11 is 0. The monoisotopic (exact) mass is 168 g/mol. The molecule has 12 heavy (non-hydrogen) atoms. The van der Waals surface area contributed by atoms with Crippen molar-refractivity contribution in [3.8, 4) is 0 Å². The third-order valence-electron chi connectivity index (χ3n) is 2.70. The van der Waals surface area contributed by atoms with Crippen LogP contribution in [-0.2, 0) is 14.3 Å². The largest absolute Gasteiger partial charge is 0.462 e. The molecule has 2 aliphatic rings. The molecule has 0 bridgehead atoms. The summed E-state index contributed by atoms with van der Waals surface area (Å²) in [5.74, 6) is 0.412. The van der Waals surface area contributed by atoms with Crippen LogP contribution in [-0.4, -0.2) is 18.4 Å². The van der Waals surface area contributed by atoms with Crippen LogP contribution in [0.15, 0.2) is 0 Å². The second-order valence-corrected chi connectivity index (χ2v) is 3.62. The molecule has 1 heterocycles. The van der Waals surface area contributed by atoms with Gasteiger partial charge < -0.3 is 9.53 Å². The van der Waals surface area contributed by atoms with Crippen molar-refractivity contribution < 1.29 is 14.3 Å². The predicted molar refractivity (Wildman–Crippen MR) is 41.4 cm³/mol. The van der Waals surface area contributed by atoms with E-state index < -0.39 is 0 Å². The maximum atomic E-state index is 10.9. The highest BCUT2D eigenvalue weighted by Crippen LogP contribution is 2.43. The van der Waals surface area contributed by atoms with Gasteiger partial charge in [0.15, 0.2) is 0 Å². The van der Waals surface area contributed by atoms with E-state index in [0.29, 0.717) is 12.3 Å². The number of carbonyl (C=O) groups is 2. The first kappa shape index (κ1) is 7.77. The summed E-state index contributed by atoms with van der Waals surface area (Å²) in [6, 6.07) is 0. The Labute approximate surface area is 71.1 Å². The first-order valence-corrected chi connectivity index (χ1v) is 4.46. The Morgan fingerprint density at radius 1 is 1.50 bits per heavy atom. The fraction of sp³-hybridized carbons (Fsp3) is 0.778. The van der Waals surface area contributed by atoms with E-state index in [1.807, 2.05) is 0 Å². The van der Waals surface area contributed by atoms with Gasteiger partial charge in [-0.2, -0.15) is 0 Å². The Morgan fingerprint density at radius 2 is 2.33 bits per heavy atom. The molecule has 1 saturated heterocycles. The first-order chi connectivity index (χ1) is 5.81. The Kier molecular flexibility index (Phi) is 1.87. The van der Waals surface area contributed by atoms with Gasteiger partial charge in [-0.15, -0.1) is 0 Å². The molecule has 1 aliphatic carbocycles. The van der Waals surface area contributed by atoms with Crippen molar-refractivity contribution in [2.45, 2.75) is 31.8 Å². The van der Waals surface area contributed by atoms with Gasteiger partial charge in [0.1, 0.15) is 12.4 Å². The van der Waals surface area contributed by atoms with Crippen LogP contribution in [0.1, 0.15) is 25.7 Å². The molecule has 0 N–H and O–H groups in total. The second-order valence-electron chi connectivity index (χ2n) is 3.62. The lowest BCUT2D eigenvalue weighted by atomic mass is 10.0. The average Bonchev–Trinajstić information content (AvgIpc) is 2.83. The highest BCUT2D eigenvalue weighted by atomic mass is 16.5. The number of aldehydes is 1. The van der Waals surface area contributed by atoms with Crippen molar-refractivity contribution in [2.75, 3.05) is 0 Å². The summed E-state index contributed by atoms with van der Waals surface area (Å²) in [6.45, 7) is 0.